The Morgan fingerprint density at radius 2 is 1.62 bits per heavy atom. The minimum absolute atomic E-state index is 0.389. The molecule has 0 aliphatic rings. The zero-order valence-electron chi connectivity index (χ0n) is 13.1. The number of carbonyl (C=O) groups is 1. The van der Waals surface area contributed by atoms with Crippen molar-refractivity contribution < 1.29 is 53.6 Å². The molecular weight excluding hydrogens is 398 g/mol. The Hall–Kier alpha value is -2.02. The van der Waals surface area contributed by atoms with Gasteiger partial charge in [-0.15, -0.1) is 0 Å². The third kappa shape index (κ3) is 4.58. The molecule has 13 heteroatoms. The predicted molar refractivity (Wildman–Crippen MR) is 74.4 cm³/mol. The smallest absolute Gasteiger partial charge is 0.438 e. The van der Waals surface area contributed by atoms with E-state index in [0.717, 1.165) is 19.2 Å². The molecule has 1 rings (SSSR count). The van der Waals surface area contributed by atoms with Crippen molar-refractivity contribution in [2.45, 2.75) is 24.9 Å². The lowest BCUT2D eigenvalue weighted by Crippen LogP contribution is -2.63. The van der Waals surface area contributed by atoms with Crippen LogP contribution in [0.3, 0.4) is 0 Å². The Labute approximate surface area is 143 Å². The summed E-state index contributed by atoms with van der Waals surface area (Å²) in [6.07, 6.45) is -12.8. The molecule has 0 radical (unpaired) electrons. The molecule has 0 amide bonds. The highest BCUT2D eigenvalue weighted by atomic mass is 32.2. The van der Waals surface area contributed by atoms with Gasteiger partial charge in [0.2, 0.25) is 0 Å². The molecule has 0 fully saturated rings. The van der Waals surface area contributed by atoms with E-state index in [4.69, 9.17) is 9.29 Å². The summed E-state index contributed by atoms with van der Waals surface area (Å²) in [5.74, 6) is -5.48. The number of ether oxygens (including phenoxy) is 2. The summed E-state index contributed by atoms with van der Waals surface area (Å²) in [6.45, 7) is 1.51. The van der Waals surface area contributed by atoms with Gasteiger partial charge in [0.15, 0.2) is 0 Å². The third-order valence-corrected chi connectivity index (χ3v) is 3.92. The average molecular weight is 410 g/mol. The summed E-state index contributed by atoms with van der Waals surface area (Å²) >= 11 is 0. The lowest BCUT2D eigenvalue weighted by Gasteiger charge is -2.35. The molecule has 148 valence electrons. The van der Waals surface area contributed by atoms with E-state index in [-0.39, 0.29) is 5.75 Å². The summed E-state index contributed by atoms with van der Waals surface area (Å²) < 4.78 is 117. The van der Waals surface area contributed by atoms with Gasteiger partial charge in [-0.2, -0.15) is 34.8 Å². The first kappa shape index (κ1) is 22.0. The van der Waals surface area contributed by atoms with E-state index < -0.39 is 45.4 Å². The minimum atomic E-state index is -6.39. The Morgan fingerprint density at radius 1 is 1.12 bits per heavy atom. The molecule has 0 aliphatic carbocycles. The monoisotopic (exact) mass is 410 g/mol. The van der Waals surface area contributed by atoms with E-state index in [1.54, 1.807) is 0 Å². The number of methoxy groups -OCH3 is 1. The first-order chi connectivity index (χ1) is 11.5. The van der Waals surface area contributed by atoms with Gasteiger partial charge in [0, 0.05) is 0 Å². The lowest BCUT2D eigenvalue weighted by molar-refractivity contribution is -0.356. The number of rotatable bonds is 5. The molecule has 0 aromatic heterocycles. The number of hydrogen-bond donors (Lipinski definition) is 1. The molecule has 0 saturated heterocycles. The van der Waals surface area contributed by atoms with Crippen LogP contribution in [0.5, 0.6) is 5.75 Å². The van der Waals surface area contributed by atoms with Gasteiger partial charge in [0.05, 0.1) is 7.11 Å². The minimum Gasteiger partial charge on any atom is -0.496 e. The fourth-order valence-electron chi connectivity index (χ4n) is 1.91. The SMILES string of the molecule is COc1cc(C)ccc1C(=O)OC(CS(=O)(=O)O)(C(F)(F)F)C(F)(F)F. The van der Waals surface area contributed by atoms with E-state index in [2.05, 4.69) is 4.74 Å². The highest BCUT2D eigenvalue weighted by molar-refractivity contribution is 7.85. The normalized spacial score (nSPS) is 13.4. The molecule has 0 heterocycles. The number of hydrogen-bond acceptors (Lipinski definition) is 5. The Balaban J connectivity index is 3.53. The van der Waals surface area contributed by atoms with Gasteiger partial charge in [0.25, 0.3) is 10.1 Å². The molecule has 26 heavy (non-hydrogen) atoms. The molecule has 0 aliphatic heterocycles. The molecule has 0 spiro atoms. The van der Waals surface area contributed by atoms with Crippen LogP contribution in [0.25, 0.3) is 0 Å². The van der Waals surface area contributed by atoms with Gasteiger partial charge in [-0.05, 0) is 24.6 Å². The van der Waals surface area contributed by atoms with Crippen LogP contribution in [0.15, 0.2) is 18.2 Å². The number of carbonyl (C=O) groups excluding carboxylic acids is 1. The maximum Gasteiger partial charge on any atom is 0.438 e. The van der Waals surface area contributed by atoms with Crippen molar-refractivity contribution in [2.75, 3.05) is 12.9 Å². The standard InChI is InChI=1S/C13H12F6O6S/c1-7-3-4-8(9(5-7)24-2)10(20)25-11(12(14,15)16,13(17,18)19)6-26(21,22)23/h3-5H,6H2,1-2H3,(H,21,22,23). The Morgan fingerprint density at radius 3 is 2.00 bits per heavy atom. The van der Waals surface area contributed by atoms with Crippen LogP contribution in [-0.2, 0) is 14.9 Å². The van der Waals surface area contributed by atoms with Crippen LogP contribution in [0, 0.1) is 6.92 Å². The van der Waals surface area contributed by atoms with Crippen LogP contribution in [-0.4, -0.2) is 49.8 Å². The molecule has 1 aromatic carbocycles. The maximum atomic E-state index is 13.1. The van der Waals surface area contributed by atoms with Gasteiger partial charge < -0.3 is 9.47 Å². The zero-order valence-corrected chi connectivity index (χ0v) is 13.9. The molecule has 0 unspecified atom stereocenters. The van der Waals surface area contributed by atoms with Crippen LogP contribution < -0.4 is 4.74 Å². The van der Waals surface area contributed by atoms with Gasteiger partial charge >= 0.3 is 23.9 Å². The van der Waals surface area contributed by atoms with Crippen LogP contribution >= 0.6 is 0 Å². The summed E-state index contributed by atoms with van der Waals surface area (Å²) in [6, 6.07) is 3.18. The molecule has 6 nitrogen and oxygen atoms in total. The number of aryl methyl sites for hydroxylation is 1. The van der Waals surface area contributed by atoms with E-state index >= 15 is 0 Å². The van der Waals surface area contributed by atoms with E-state index in [9.17, 15) is 39.6 Å². The van der Waals surface area contributed by atoms with Crippen LogP contribution in [0.4, 0.5) is 26.3 Å². The van der Waals surface area contributed by atoms with E-state index in [0.29, 0.717) is 5.56 Å². The van der Waals surface area contributed by atoms with Gasteiger partial charge in [0.1, 0.15) is 17.1 Å². The van der Waals surface area contributed by atoms with Crippen molar-refractivity contribution >= 4 is 16.1 Å². The highest BCUT2D eigenvalue weighted by Crippen LogP contribution is 2.47. The lowest BCUT2D eigenvalue weighted by atomic mass is 10.0. The second-order valence-corrected chi connectivity index (χ2v) is 6.59. The average Bonchev–Trinajstić information content (AvgIpc) is 2.42. The molecule has 1 N–H and O–H groups in total. The maximum absolute atomic E-state index is 13.1. The third-order valence-electron chi connectivity index (χ3n) is 3.15. The summed E-state index contributed by atoms with van der Waals surface area (Å²) in [5, 5.41) is 0. The fraction of sp³-hybridized carbons (Fsp3) is 0.462. The number of esters is 1. The summed E-state index contributed by atoms with van der Waals surface area (Å²) in [5.41, 5.74) is -5.80. The second kappa shape index (κ2) is 6.95. The van der Waals surface area contributed by atoms with Gasteiger partial charge in [-0.3, -0.25) is 4.55 Å². The number of alkyl halides is 6. The molecule has 0 saturated carbocycles. The van der Waals surface area contributed by atoms with Gasteiger partial charge in [-0.1, -0.05) is 6.07 Å². The van der Waals surface area contributed by atoms with Crippen LogP contribution in [0.2, 0.25) is 0 Å². The quantitative estimate of drug-likeness (QED) is 0.456. The van der Waals surface area contributed by atoms with Crippen molar-refractivity contribution in [3.8, 4) is 5.75 Å². The van der Waals surface area contributed by atoms with Crippen molar-refractivity contribution in [3.05, 3.63) is 29.3 Å². The topological polar surface area (TPSA) is 89.9 Å². The van der Waals surface area contributed by atoms with Crippen molar-refractivity contribution in [1.29, 1.82) is 0 Å². The van der Waals surface area contributed by atoms with Crippen molar-refractivity contribution in [2.24, 2.45) is 0 Å². The van der Waals surface area contributed by atoms with E-state index in [1.165, 1.54) is 13.0 Å². The molecule has 0 bridgehead atoms. The van der Waals surface area contributed by atoms with Crippen LogP contribution in [0.1, 0.15) is 15.9 Å². The zero-order chi connectivity index (χ0) is 20.6. The largest absolute Gasteiger partial charge is 0.496 e. The van der Waals surface area contributed by atoms with Crippen molar-refractivity contribution in [3.63, 3.8) is 0 Å². The Bertz CT molecular complexity index is 769. The molecular formula is C13H12F6O6S. The first-order valence-corrected chi connectivity index (χ1v) is 8.11. The number of benzene rings is 1. The number of halogens is 6. The predicted octanol–water partition coefficient (Wildman–Crippen LogP) is 2.91. The molecule has 0 atom stereocenters. The molecule has 1 aromatic rings. The Kier molecular flexibility index (Phi) is 5.88. The van der Waals surface area contributed by atoms with Crippen molar-refractivity contribution in [1.82, 2.24) is 0 Å². The second-order valence-electron chi connectivity index (χ2n) is 5.14. The fourth-order valence-corrected chi connectivity index (χ4v) is 2.81. The van der Waals surface area contributed by atoms with E-state index in [1.807, 2.05) is 0 Å². The summed E-state index contributed by atoms with van der Waals surface area (Å²) in [7, 11) is -4.84. The first-order valence-electron chi connectivity index (χ1n) is 6.50. The summed E-state index contributed by atoms with van der Waals surface area (Å²) in [4.78, 5) is 12.0. The highest BCUT2D eigenvalue weighted by Gasteiger charge is 2.76. The van der Waals surface area contributed by atoms with Gasteiger partial charge in [-0.25, -0.2) is 4.79 Å².